The van der Waals surface area contributed by atoms with Gasteiger partial charge >= 0.3 is 0 Å². The first-order valence-corrected chi connectivity index (χ1v) is 14.6. The lowest BCUT2D eigenvalue weighted by molar-refractivity contribution is -0.133. The maximum atomic E-state index is 13.7. The van der Waals surface area contributed by atoms with E-state index < -0.39 is 11.7 Å². The van der Waals surface area contributed by atoms with Gasteiger partial charge in [-0.1, -0.05) is 55.5 Å². The summed E-state index contributed by atoms with van der Waals surface area (Å²) in [6.07, 6.45) is 0.699. The molecule has 1 fully saturated rings. The maximum absolute atomic E-state index is 13.7. The van der Waals surface area contributed by atoms with Gasteiger partial charge in [0.25, 0.3) is 11.8 Å². The number of amides is 3. The van der Waals surface area contributed by atoms with Gasteiger partial charge in [-0.05, 0) is 66.1 Å². The van der Waals surface area contributed by atoms with Gasteiger partial charge in [0.15, 0.2) is 0 Å². The number of hydrogen-bond acceptors (Lipinski definition) is 4. The number of hydrogen-bond donors (Lipinski definition) is 2. The van der Waals surface area contributed by atoms with Crippen LogP contribution in [0.2, 0.25) is 0 Å². The van der Waals surface area contributed by atoms with E-state index in [2.05, 4.69) is 15.5 Å². The van der Waals surface area contributed by atoms with Crippen LogP contribution in [0.3, 0.4) is 0 Å². The second-order valence-electron chi connectivity index (χ2n) is 10.7. The van der Waals surface area contributed by atoms with Crippen LogP contribution >= 0.6 is 0 Å². The average Bonchev–Trinajstić information content (AvgIpc) is 3.05. The average molecular weight is 597 g/mol. The van der Waals surface area contributed by atoms with Crippen molar-refractivity contribution in [1.82, 2.24) is 10.2 Å². The SMILES string of the molecule is CC[C@H](C(=O)N1CCN(c2ccc(NC(=O)c3cccc(F)c3)cc2C(=O)NCc2ccc(F)cc2)CC1)c1ccccc1. The van der Waals surface area contributed by atoms with E-state index in [1.165, 1.54) is 30.3 Å². The number of carbonyl (C=O) groups excluding carboxylic acids is 3. The molecule has 1 heterocycles. The Morgan fingerprint density at radius 2 is 1.50 bits per heavy atom. The number of benzene rings is 4. The first-order valence-electron chi connectivity index (χ1n) is 14.6. The third-order valence-corrected chi connectivity index (χ3v) is 7.79. The monoisotopic (exact) mass is 596 g/mol. The molecule has 4 aromatic carbocycles. The van der Waals surface area contributed by atoms with E-state index in [1.54, 1.807) is 30.3 Å². The highest BCUT2D eigenvalue weighted by Gasteiger charge is 2.29. The molecule has 9 heteroatoms. The lowest BCUT2D eigenvalue weighted by atomic mass is 9.94. The Labute approximate surface area is 255 Å². The summed E-state index contributed by atoms with van der Waals surface area (Å²) in [5.74, 6) is -1.90. The van der Waals surface area contributed by atoms with Gasteiger partial charge in [0.05, 0.1) is 11.5 Å². The number of rotatable bonds is 9. The Balaban J connectivity index is 1.34. The molecule has 1 atom stereocenters. The van der Waals surface area contributed by atoms with Gasteiger partial charge in [-0.15, -0.1) is 0 Å². The van der Waals surface area contributed by atoms with Crippen LogP contribution < -0.4 is 15.5 Å². The molecule has 1 aliphatic rings. The van der Waals surface area contributed by atoms with Crippen LogP contribution in [-0.2, 0) is 11.3 Å². The Morgan fingerprint density at radius 1 is 0.773 bits per heavy atom. The van der Waals surface area contributed by atoms with Crippen LogP contribution in [-0.4, -0.2) is 48.8 Å². The molecule has 5 rings (SSSR count). The molecular formula is C35H34F2N4O3. The van der Waals surface area contributed by atoms with Crippen LogP contribution in [0.5, 0.6) is 0 Å². The van der Waals surface area contributed by atoms with Gasteiger partial charge < -0.3 is 20.4 Å². The smallest absolute Gasteiger partial charge is 0.255 e. The van der Waals surface area contributed by atoms with Crippen LogP contribution in [0.15, 0.2) is 97.1 Å². The standard InChI is InChI=1S/C35H34F2N4O3/c1-2-30(25-7-4-3-5-8-25)35(44)41-19-17-40(18-20-41)32-16-15-29(39-33(42)26-9-6-10-28(37)21-26)22-31(32)34(43)38-23-24-11-13-27(36)14-12-24/h3-16,21-22,30H,2,17-20,23H2,1H3,(H,38,43)(H,39,42)/t30-/m0/s1. The van der Waals surface area contributed by atoms with E-state index >= 15 is 0 Å². The van der Waals surface area contributed by atoms with Crippen molar-refractivity contribution in [1.29, 1.82) is 0 Å². The number of piperazine rings is 1. The van der Waals surface area contributed by atoms with Crippen molar-refractivity contribution in [3.63, 3.8) is 0 Å². The first kappa shape index (κ1) is 30.4. The summed E-state index contributed by atoms with van der Waals surface area (Å²) >= 11 is 0. The van der Waals surface area contributed by atoms with Crippen molar-refractivity contribution >= 4 is 29.1 Å². The van der Waals surface area contributed by atoms with Crippen molar-refractivity contribution in [3.05, 3.63) is 131 Å². The molecule has 44 heavy (non-hydrogen) atoms. The van der Waals surface area contributed by atoms with E-state index in [0.717, 1.165) is 17.2 Å². The molecule has 0 aliphatic carbocycles. The second-order valence-corrected chi connectivity index (χ2v) is 10.7. The van der Waals surface area contributed by atoms with Gasteiger partial charge in [-0.3, -0.25) is 14.4 Å². The molecule has 0 bridgehead atoms. The van der Waals surface area contributed by atoms with Gasteiger partial charge in [0.1, 0.15) is 11.6 Å². The highest BCUT2D eigenvalue weighted by atomic mass is 19.1. The molecule has 226 valence electrons. The fourth-order valence-electron chi connectivity index (χ4n) is 5.41. The molecule has 0 radical (unpaired) electrons. The predicted molar refractivity (Wildman–Crippen MR) is 167 cm³/mol. The largest absolute Gasteiger partial charge is 0.367 e. The minimum atomic E-state index is -0.527. The van der Waals surface area contributed by atoms with E-state index in [0.29, 0.717) is 49.5 Å². The van der Waals surface area contributed by atoms with Gasteiger partial charge in [0.2, 0.25) is 5.91 Å². The molecular weight excluding hydrogens is 562 g/mol. The predicted octanol–water partition coefficient (Wildman–Crippen LogP) is 5.99. The van der Waals surface area contributed by atoms with Gasteiger partial charge in [0, 0.05) is 49.7 Å². The zero-order valence-electron chi connectivity index (χ0n) is 24.4. The van der Waals surface area contributed by atoms with E-state index in [-0.39, 0.29) is 35.7 Å². The third kappa shape index (κ3) is 7.29. The molecule has 1 aliphatic heterocycles. The van der Waals surface area contributed by atoms with Crippen LogP contribution in [0, 0.1) is 11.6 Å². The number of halogens is 2. The Kier molecular flexibility index (Phi) is 9.64. The molecule has 4 aromatic rings. The van der Waals surface area contributed by atoms with E-state index in [4.69, 9.17) is 0 Å². The minimum Gasteiger partial charge on any atom is -0.367 e. The molecule has 0 saturated carbocycles. The quantitative estimate of drug-likeness (QED) is 0.249. The Hall–Kier alpha value is -5.05. The summed E-state index contributed by atoms with van der Waals surface area (Å²) in [5, 5.41) is 5.64. The normalized spacial score (nSPS) is 13.7. The molecule has 1 saturated heterocycles. The van der Waals surface area contributed by atoms with Crippen molar-refractivity contribution in [3.8, 4) is 0 Å². The van der Waals surface area contributed by atoms with E-state index in [9.17, 15) is 23.2 Å². The fourth-order valence-corrected chi connectivity index (χ4v) is 5.41. The zero-order valence-corrected chi connectivity index (χ0v) is 24.4. The van der Waals surface area contributed by atoms with Crippen molar-refractivity contribution in [2.24, 2.45) is 0 Å². The molecule has 0 aromatic heterocycles. The van der Waals surface area contributed by atoms with E-state index in [1.807, 2.05) is 42.2 Å². The molecule has 0 spiro atoms. The topological polar surface area (TPSA) is 81.8 Å². The van der Waals surface area contributed by atoms with Crippen molar-refractivity contribution in [2.75, 3.05) is 36.4 Å². The number of carbonyl (C=O) groups is 3. The van der Waals surface area contributed by atoms with Gasteiger partial charge in [-0.2, -0.15) is 0 Å². The lowest BCUT2D eigenvalue weighted by Crippen LogP contribution is -2.50. The van der Waals surface area contributed by atoms with Gasteiger partial charge in [-0.25, -0.2) is 8.78 Å². The van der Waals surface area contributed by atoms with Crippen molar-refractivity contribution in [2.45, 2.75) is 25.8 Å². The summed E-state index contributed by atoms with van der Waals surface area (Å²) in [7, 11) is 0. The minimum absolute atomic E-state index is 0.0889. The number of nitrogens with zero attached hydrogens (tertiary/aromatic N) is 2. The molecule has 2 N–H and O–H groups in total. The highest BCUT2D eigenvalue weighted by molar-refractivity contribution is 6.06. The summed E-state index contributed by atoms with van der Waals surface area (Å²) in [5.41, 5.74) is 3.24. The molecule has 7 nitrogen and oxygen atoms in total. The summed E-state index contributed by atoms with van der Waals surface area (Å²) in [4.78, 5) is 43.7. The highest BCUT2D eigenvalue weighted by Crippen LogP contribution is 2.28. The molecule has 3 amide bonds. The van der Waals surface area contributed by atoms with Crippen LogP contribution in [0.25, 0.3) is 0 Å². The molecule has 0 unspecified atom stereocenters. The summed E-state index contributed by atoms with van der Waals surface area (Å²) in [6, 6.07) is 26.0. The second kappa shape index (κ2) is 13.9. The Morgan fingerprint density at radius 3 is 2.18 bits per heavy atom. The number of anilines is 2. The summed E-state index contributed by atoms with van der Waals surface area (Å²) < 4.78 is 27.0. The zero-order chi connectivity index (χ0) is 31.1. The van der Waals surface area contributed by atoms with Crippen LogP contribution in [0.4, 0.5) is 20.2 Å². The summed E-state index contributed by atoms with van der Waals surface area (Å²) in [6.45, 7) is 4.22. The van der Waals surface area contributed by atoms with Crippen molar-refractivity contribution < 1.29 is 23.2 Å². The van der Waals surface area contributed by atoms with Crippen LogP contribution in [0.1, 0.15) is 51.1 Å². The Bertz CT molecular complexity index is 1620. The number of nitrogens with one attached hydrogen (secondary N) is 2. The maximum Gasteiger partial charge on any atom is 0.255 e. The lowest BCUT2D eigenvalue weighted by Gasteiger charge is -2.38. The first-order chi connectivity index (χ1) is 21.3. The fraction of sp³-hybridized carbons (Fsp3) is 0.229. The third-order valence-electron chi connectivity index (χ3n) is 7.79.